The summed E-state index contributed by atoms with van der Waals surface area (Å²) in [6.07, 6.45) is 1.72. The number of aromatic nitrogens is 2. The van der Waals surface area contributed by atoms with Crippen molar-refractivity contribution in [3.8, 4) is 0 Å². The number of amides is 1. The molecule has 1 aromatic carbocycles. The van der Waals surface area contributed by atoms with Crippen LogP contribution < -0.4 is 5.32 Å². The Bertz CT molecular complexity index is 1020. The van der Waals surface area contributed by atoms with Crippen LogP contribution in [0.2, 0.25) is 0 Å². The predicted molar refractivity (Wildman–Crippen MR) is 116 cm³/mol. The molecular formula is C20H27BrN4O3S. The SMILES string of the molecule is Cc1cc(Br)ccc1NC(=O)Cn1nc(C)c(S(=O)(=O)N2CCC(C)CC2)c1C. The van der Waals surface area contributed by atoms with Crippen molar-refractivity contribution >= 4 is 37.5 Å². The predicted octanol–water partition coefficient (Wildman–Crippen LogP) is 3.63. The lowest BCUT2D eigenvalue weighted by atomic mass is 10.0. The van der Waals surface area contributed by atoms with Gasteiger partial charge in [-0.2, -0.15) is 9.40 Å². The van der Waals surface area contributed by atoms with E-state index in [0.29, 0.717) is 30.4 Å². The third-order valence-corrected chi connectivity index (χ3v) is 8.06. The van der Waals surface area contributed by atoms with E-state index in [1.807, 2.05) is 25.1 Å². The molecule has 1 aliphatic heterocycles. The summed E-state index contributed by atoms with van der Waals surface area (Å²) in [5, 5.41) is 7.22. The van der Waals surface area contributed by atoms with Crippen LogP contribution in [0.3, 0.4) is 0 Å². The van der Waals surface area contributed by atoms with Gasteiger partial charge in [-0.25, -0.2) is 8.42 Å². The Morgan fingerprint density at radius 3 is 2.52 bits per heavy atom. The molecule has 1 aromatic heterocycles. The summed E-state index contributed by atoms with van der Waals surface area (Å²) >= 11 is 3.40. The molecule has 7 nitrogen and oxygen atoms in total. The van der Waals surface area contributed by atoms with Gasteiger partial charge in [0.15, 0.2) is 0 Å². The van der Waals surface area contributed by atoms with Crippen molar-refractivity contribution in [3.63, 3.8) is 0 Å². The number of piperidine rings is 1. The zero-order valence-electron chi connectivity index (χ0n) is 17.2. The summed E-state index contributed by atoms with van der Waals surface area (Å²) in [6, 6.07) is 5.60. The number of aryl methyl sites for hydroxylation is 2. The second kappa shape index (κ2) is 8.57. The van der Waals surface area contributed by atoms with Gasteiger partial charge in [0.2, 0.25) is 15.9 Å². The van der Waals surface area contributed by atoms with Gasteiger partial charge in [0.05, 0.1) is 11.4 Å². The molecule has 29 heavy (non-hydrogen) atoms. The largest absolute Gasteiger partial charge is 0.324 e. The second-order valence-corrected chi connectivity index (χ2v) is 10.5. The molecule has 0 aliphatic carbocycles. The number of nitrogens with zero attached hydrogens (tertiary/aromatic N) is 3. The highest BCUT2D eigenvalue weighted by molar-refractivity contribution is 9.10. The maximum Gasteiger partial charge on any atom is 0.246 e. The number of anilines is 1. The number of nitrogens with one attached hydrogen (secondary N) is 1. The van der Waals surface area contributed by atoms with Crippen LogP contribution in [-0.4, -0.2) is 41.5 Å². The van der Waals surface area contributed by atoms with Gasteiger partial charge in [-0.05, 0) is 63.3 Å². The molecule has 0 bridgehead atoms. The van der Waals surface area contributed by atoms with Crippen LogP contribution in [0.1, 0.15) is 36.7 Å². The third kappa shape index (κ3) is 4.73. The Kier molecular flexibility index (Phi) is 6.50. The second-order valence-electron chi connectivity index (χ2n) is 7.75. The summed E-state index contributed by atoms with van der Waals surface area (Å²) in [5.74, 6) is 0.286. The minimum atomic E-state index is -3.62. The topological polar surface area (TPSA) is 84.3 Å². The number of hydrogen-bond donors (Lipinski definition) is 1. The van der Waals surface area contributed by atoms with Crippen molar-refractivity contribution in [3.05, 3.63) is 39.6 Å². The van der Waals surface area contributed by atoms with E-state index < -0.39 is 10.0 Å². The van der Waals surface area contributed by atoms with Crippen LogP contribution in [0.5, 0.6) is 0 Å². The van der Waals surface area contributed by atoms with E-state index in [1.54, 1.807) is 18.2 Å². The maximum atomic E-state index is 13.2. The number of sulfonamides is 1. The Morgan fingerprint density at radius 1 is 1.24 bits per heavy atom. The van der Waals surface area contributed by atoms with Gasteiger partial charge in [0, 0.05) is 23.2 Å². The lowest BCUT2D eigenvalue weighted by Gasteiger charge is -2.29. The average Bonchev–Trinajstić information content (AvgIpc) is 2.91. The van der Waals surface area contributed by atoms with E-state index in [1.165, 1.54) is 4.68 Å². The standard InChI is InChI=1S/C20H27BrN4O3S/c1-13-7-9-24(10-8-13)29(27,28)20-15(3)23-25(16(20)4)12-19(26)22-18-6-5-17(21)11-14(18)2/h5-6,11,13H,7-10,12H2,1-4H3,(H,22,26). The molecule has 1 N–H and O–H groups in total. The minimum Gasteiger partial charge on any atom is -0.324 e. The van der Waals surface area contributed by atoms with Gasteiger partial charge in [0.25, 0.3) is 0 Å². The van der Waals surface area contributed by atoms with Crippen LogP contribution in [0.15, 0.2) is 27.6 Å². The summed E-state index contributed by atoms with van der Waals surface area (Å²) < 4.78 is 30.3. The quantitative estimate of drug-likeness (QED) is 0.704. The van der Waals surface area contributed by atoms with Crippen LogP contribution in [0, 0.1) is 26.7 Å². The van der Waals surface area contributed by atoms with Gasteiger partial charge in [-0.15, -0.1) is 0 Å². The van der Waals surface area contributed by atoms with Crippen molar-refractivity contribution in [1.82, 2.24) is 14.1 Å². The monoisotopic (exact) mass is 482 g/mol. The highest BCUT2D eigenvalue weighted by atomic mass is 79.9. The number of carbonyl (C=O) groups is 1. The molecule has 1 aliphatic rings. The summed E-state index contributed by atoms with van der Waals surface area (Å²) in [4.78, 5) is 12.8. The van der Waals surface area contributed by atoms with E-state index in [9.17, 15) is 13.2 Å². The zero-order valence-corrected chi connectivity index (χ0v) is 19.6. The molecule has 2 aromatic rings. The van der Waals surface area contributed by atoms with Crippen molar-refractivity contribution < 1.29 is 13.2 Å². The molecule has 1 fully saturated rings. The van der Waals surface area contributed by atoms with Gasteiger partial charge >= 0.3 is 0 Å². The Morgan fingerprint density at radius 2 is 1.90 bits per heavy atom. The molecule has 3 rings (SSSR count). The van der Waals surface area contributed by atoms with E-state index in [-0.39, 0.29) is 17.3 Å². The smallest absolute Gasteiger partial charge is 0.246 e. The number of carbonyl (C=O) groups excluding carboxylic acids is 1. The van der Waals surface area contributed by atoms with Crippen molar-refractivity contribution in [2.75, 3.05) is 18.4 Å². The van der Waals surface area contributed by atoms with Crippen molar-refractivity contribution in [1.29, 1.82) is 0 Å². The van der Waals surface area contributed by atoms with E-state index in [4.69, 9.17) is 0 Å². The Balaban J connectivity index is 1.79. The fourth-order valence-corrected chi connectivity index (χ4v) is 5.97. The third-order valence-electron chi connectivity index (χ3n) is 5.41. The molecule has 1 saturated heterocycles. The fraction of sp³-hybridized carbons (Fsp3) is 0.500. The molecule has 0 radical (unpaired) electrons. The summed E-state index contributed by atoms with van der Waals surface area (Å²) in [7, 11) is -3.62. The first kappa shape index (κ1) is 22.0. The zero-order chi connectivity index (χ0) is 21.3. The molecule has 0 spiro atoms. The molecule has 158 valence electrons. The van der Waals surface area contributed by atoms with Crippen LogP contribution in [0.25, 0.3) is 0 Å². The Labute approximate surface area is 180 Å². The van der Waals surface area contributed by atoms with Crippen molar-refractivity contribution in [2.45, 2.75) is 52.0 Å². The van der Waals surface area contributed by atoms with Crippen LogP contribution >= 0.6 is 15.9 Å². The highest BCUT2D eigenvalue weighted by Gasteiger charge is 2.33. The van der Waals surface area contributed by atoms with E-state index in [0.717, 1.165) is 28.6 Å². The first-order chi connectivity index (χ1) is 13.6. The molecule has 0 saturated carbocycles. The highest BCUT2D eigenvalue weighted by Crippen LogP contribution is 2.27. The molecule has 0 unspecified atom stereocenters. The van der Waals surface area contributed by atoms with Gasteiger partial charge in [-0.1, -0.05) is 22.9 Å². The molecule has 0 atom stereocenters. The Hall–Kier alpha value is -1.71. The molecule has 9 heteroatoms. The minimum absolute atomic E-state index is 0.0469. The number of rotatable bonds is 5. The maximum absolute atomic E-state index is 13.2. The summed E-state index contributed by atoms with van der Waals surface area (Å²) in [6.45, 7) is 8.44. The molecule has 1 amide bonds. The molecule has 2 heterocycles. The van der Waals surface area contributed by atoms with E-state index >= 15 is 0 Å². The van der Waals surface area contributed by atoms with Crippen molar-refractivity contribution in [2.24, 2.45) is 5.92 Å². The normalized spacial score (nSPS) is 16.2. The molecular weight excluding hydrogens is 456 g/mol. The number of benzene rings is 1. The first-order valence-corrected chi connectivity index (χ1v) is 11.9. The van der Waals surface area contributed by atoms with Gasteiger partial charge < -0.3 is 5.32 Å². The van der Waals surface area contributed by atoms with Gasteiger partial charge in [0.1, 0.15) is 11.4 Å². The van der Waals surface area contributed by atoms with Crippen LogP contribution in [0.4, 0.5) is 5.69 Å². The summed E-state index contributed by atoms with van der Waals surface area (Å²) in [5.41, 5.74) is 2.57. The number of halogens is 1. The average molecular weight is 483 g/mol. The first-order valence-electron chi connectivity index (χ1n) is 9.69. The number of hydrogen-bond acceptors (Lipinski definition) is 4. The van der Waals surface area contributed by atoms with E-state index in [2.05, 4.69) is 33.3 Å². The van der Waals surface area contributed by atoms with Crippen LogP contribution in [-0.2, 0) is 21.4 Å². The fourth-order valence-electron chi connectivity index (χ4n) is 3.66. The lowest BCUT2D eigenvalue weighted by molar-refractivity contribution is -0.116. The van der Waals surface area contributed by atoms with Gasteiger partial charge in [-0.3, -0.25) is 9.48 Å². The lowest BCUT2D eigenvalue weighted by Crippen LogP contribution is -2.38.